The zero-order valence-corrected chi connectivity index (χ0v) is 22.2. The zero-order chi connectivity index (χ0) is 24.2. The second-order valence-electron chi connectivity index (χ2n) is 7.90. The van der Waals surface area contributed by atoms with Gasteiger partial charge < -0.3 is 9.84 Å². The van der Waals surface area contributed by atoms with Gasteiger partial charge in [0.05, 0.1) is 29.3 Å². The molecule has 1 atom stereocenters. The summed E-state index contributed by atoms with van der Waals surface area (Å²) >= 11 is 15.7. The van der Waals surface area contributed by atoms with E-state index in [-0.39, 0.29) is 12.0 Å². The van der Waals surface area contributed by atoms with Gasteiger partial charge in [0.1, 0.15) is 4.75 Å². The van der Waals surface area contributed by atoms with Crippen molar-refractivity contribution in [3.63, 3.8) is 0 Å². The minimum absolute atomic E-state index is 0.125. The Morgan fingerprint density at radius 2 is 2.03 bits per heavy atom. The number of thioether (sulfide) groups is 1. The number of hydrogen-bond acceptors (Lipinski definition) is 9. The number of ether oxygens (including phenoxy) is 1. The fourth-order valence-corrected chi connectivity index (χ4v) is 6.69. The van der Waals surface area contributed by atoms with E-state index in [4.69, 9.17) is 27.9 Å². The topological polar surface area (TPSA) is 95.9 Å². The van der Waals surface area contributed by atoms with Crippen LogP contribution >= 0.6 is 58.2 Å². The quantitative estimate of drug-likeness (QED) is 0.356. The molecule has 1 aromatic heterocycles. The molecule has 33 heavy (non-hydrogen) atoms. The van der Waals surface area contributed by atoms with Gasteiger partial charge in [-0.25, -0.2) is 0 Å². The van der Waals surface area contributed by atoms with E-state index in [0.717, 1.165) is 23.9 Å². The number of halogens is 2. The molecule has 180 valence electrons. The number of aromatic nitrogens is 2. The van der Waals surface area contributed by atoms with Gasteiger partial charge in [-0.3, -0.25) is 18.8 Å². The molecule has 8 nitrogen and oxygen atoms in total. The van der Waals surface area contributed by atoms with Gasteiger partial charge in [0.15, 0.2) is 8.68 Å². The molecular formula is C20H24Cl2N4O4S3. The van der Waals surface area contributed by atoms with Crippen LogP contribution in [0.25, 0.3) is 0 Å². The van der Waals surface area contributed by atoms with Crippen molar-refractivity contribution in [1.29, 1.82) is 0 Å². The molecule has 1 amide bonds. The molecule has 3 rings (SSSR count). The van der Waals surface area contributed by atoms with Crippen molar-refractivity contribution in [3.8, 4) is 0 Å². The van der Waals surface area contributed by atoms with Crippen LogP contribution in [0.5, 0.6) is 0 Å². The largest absolute Gasteiger partial charge is 0.480 e. The Balaban J connectivity index is 1.58. The first-order valence-corrected chi connectivity index (χ1v) is 13.2. The summed E-state index contributed by atoms with van der Waals surface area (Å²) < 4.78 is 7.59. The second-order valence-corrected chi connectivity index (χ2v) is 12.8. The first-order chi connectivity index (χ1) is 15.5. The third-order valence-corrected chi connectivity index (χ3v) is 8.80. The number of amides is 1. The van der Waals surface area contributed by atoms with Crippen LogP contribution in [-0.2, 0) is 20.9 Å². The van der Waals surface area contributed by atoms with E-state index in [1.807, 2.05) is 12.1 Å². The molecule has 0 bridgehead atoms. The molecule has 1 aliphatic rings. The van der Waals surface area contributed by atoms with Crippen LogP contribution in [0.2, 0.25) is 10.0 Å². The van der Waals surface area contributed by atoms with Crippen molar-refractivity contribution in [2.45, 2.75) is 46.8 Å². The highest BCUT2D eigenvalue weighted by atomic mass is 35.5. The van der Waals surface area contributed by atoms with Crippen molar-refractivity contribution in [2.24, 2.45) is 0 Å². The normalized spacial score (nSPS) is 17.2. The lowest BCUT2D eigenvalue weighted by atomic mass is 10.2. The molecule has 1 fully saturated rings. The lowest BCUT2D eigenvalue weighted by Gasteiger charge is -2.35. The van der Waals surface area contributed by atoms with E-state index >= 15 is 0 Å². The summed E-state index contributed by atoms with van der Waals surface area (Å²) in [5.74, 6) is -1.05. The standard InChI is InChI=1S/C20H24Cl2N4O4S3/c1-12(27)26(33-19-24-23-18(31-19)32-20(2,3)17(28)29)11-14-10-25(6-7-30-14)9-13-4-5-15(21)16(22)8-13/h4-5,8,14H,6-7,9-11H2,1-3H3,(H,28,29)/t14-/m0/s1. The number of carbonyl (C=O) groups is 2. The third kappa shape index (κ3) is 7.71. The molecule has 0 saturated carbocycles. The van der Waals surface area contributed by atoms with E-state index in [0.29, 0.717) is 45.0 Å². The van der Waals surface area contributed by atoms with Crippen LogP contribution in [0, 0.1) is 0 Å². The summed E-state index contributed by atoms with van der Waals surface area (Å²) in [6.45, 7) is 7.82. The molecule has 1 N–H and O–H groups in total. The van der Waals surface area contributed by atoms with E-state index in [9.17, 15) is 14.7 Å². The Hall–Kier alpha value is -1.08. The first kappa shape index (κ1) is 26.5. The van der Waals surface area contributed by atoms with Crippen molar-refractivity contribution < 1.29 is 19.4 Å². The van der Waals surface area contributed by atoms with Gasteiger partial charge in [-0.1, -0.05) is 52.4 Å². The van der Waals surface area contributed by atoms with Gasteiger partial charge in [0.25, 0.3) is 0 Å². The van der Waals surface area contributed by atoms with Gasteiger partial charge in [-0.2, -0.15) is 0 Å². The van der Waals surface area contributed by atoms with Crippen LogP contribution in [0.1, 0.15) is 26.3 Å². The van der Waals surface area contributed by atoms with Crippen molar-refractivity contribution >= 4 is 70.1 Å². The highest BCUT2D eigenvalue weighted by Gasteiger charge is 2.31. The minimum atomic E-state index is -1.02. The molecule has 2 aromatic rings. The summed E-state index contributed by atoms with van der Waals surface area (Å²) in [7, 11) is 0. The fraction of sp³-hybridized carbons (Fsp3) is 0.500. The summed E-state index contributed by atoms with van der Waals surface area (Å²) in [5.41, 5.74) is 1.06. The molecule has 2 heterocycles. The van der Waals surface area contributed by atoms with Gasteiger partial charge >= 0.3 is 5.97 Å². The average molecular weight is 552 g/mol. The van der Waals surface area contributed by atoms with Gasteiger partial charge in [-0.05, 0) is 31.5 Å². The molecule has 1 aromatic carbocycles. The Morgan fingerprint density at radius 1 is 1.30 bits per heavy atom. The molecule has 1 saturated heterocycles. The van der Waals surface area contributed by atoms with Crippen LogP contribution in [-0.4, -0.2) is 73.5 Å². The van der Waals surface area contributed by atoms with Gasteiger partial charge in [0.2, 0.25) is 5.91 Å². The monoisotopic (exact) mass is 550 g/mol. The zero-order valence-electron chi connectivity index (χ0n) is 18.3. The van der Waals surface area contributed by atoms with E-state index < -0.39 is 10.7 Å². The molecule has 13 heteroatoms. The Kier molecular flexibility index (Phi) is 9.30. The number of benzene rings is 1. The van der Waals surface area contributed by atoms with Gasteiger partial charge in [0, 0.05) is 38.5 Å². The second kappa shape index (κ2) is 11.6. The Bertz CT molecular complexity index is 1010. The number of morpholine rings is 1. The summed E-state index contributed by atoms with van der Waals surface area (Å²) in [6, 6.07) is 5.60. The van der Waals surface area contributed by atoms with E-state index in [2.05, 4.69) is 15.1 Å². The Morgan fingerprint density at radius 3 is 2.70 bits per heavy atom. The molecule has 0 spiro atoms. The number of carbonyl (C=O) groups excluding carboxylic acids is 1. The van der Waals surface area contributed by atoms with Crippen LogP contribution in [0.4, 0.5) is 0 Å². The highest BCUT2D eigenvalue weighted by Crippen LogP contribution is 2.37. The molecule has 0 aliphatic carbocycles. The highest BCUT2D eigenvalue weighted by molar-refractivity contribution is 8.04. The predicted octanol–water partition coefficient (Wildman–Crippen LogP) is 4.56. The van der Waals surface area contributed by atoms with Crippen molar-refractivity contribution in [3.05, 3.63) is 33.8 Å². The lowest BCUT2D eigenvalue weighted by molar-refractivity contribution is -0.138. The van der Waals surface area contributed by atoms with E-state index in [1.165, 1.54) is 30.2 Å². The van der Waals surface area contributed by atoms with Crippen LogP contribution < -0.4 is 0 Å². The number of rotatable bonds is 9. The minimum Gasteiger partial charge on any atom is -0.480 e. The number of hydrogen-bond donors (Lipinski definition) is 1. The number of aliphatic carboxylic acids is 1. The fourth-order valence-electron chi connectivity index (χ4n) is 2.98. The van der Waals surface area contributed by atoms with Gasteiger partial charge in [-0.15, -0.1) is 10.2 Å². The summed E-state index contributed by atoms with van der Waals surface area (Å²) in [6.07, 6.45) is -0.161. The molecular weight excluding hydrogens is 527 g/mol. The van der Waals surface area contributed by atoms with Crippen molar-refractivity contribution in [2.75, 3.05) is 26.2 Å². The lowest BCUT2D eigenvalue weighted by Crippen LogP contribution is -2.46. The summed E-state index contributed by atoms with van der Waals surface area (Å²) in [5, 5.41) is 18.5. The molecule has 0 unspecified atom stereocenters. The third-order valence-electron chi connectivity index (χ3n) is 4.77. The van der Waals surface area contributed by atoms with Crippen molar-refractivity contribution in [1.82, 2.24) is 19.4 Å². The number of carboxylic acid groups (broad SMARTS) is 1. The van der Waals surface area contributed by atoms with Crippen LogP contribution in [0.3, 0.4) is 0 Å². The SMILES string of the molecule is CC(=O)N(C[C@@H]1CN(Cc2ccc(Cl)c(Cl)c2)CCO1)Sc1nnc(SC(C)(C)C(=O)O)s1. The van der Waals surface area contributed by atoms with Crippen LogP contribution in [0.15, 0.2) is 26.9 Å². The summed E-state index contributed by atoms with van der Waals surface area (Å²) in [4.78, 5) is 25.9. The smallest absolute Gasteiger partial charge is 0.319 e. The Labute approximate surface area is 215 Å². The molecule has 1 aliphatic heterocycles. The average Bonchev–Trinajstić information content (AvgIpc) is 3.16. The maximum atomic E-state index is 12.3. The predicted molar refractivity (Wildman–Crippen MR) is 132 cm³/mol. The number of nitrogens with zero attached hydrogens (tertiary/aromatic N) is 4. The first-order valence-electron chi connectivity index (χ1n) is 10.0. The number of carboxylic acids is 1. The van der Waals surface area contributed by atoms with E-state index in [1.54, 1.807) is 24.2 Å². The maximum absolute atomic E-state index is 12.3. The molecule has 0 radical (unpaired) electrons. The maximum Gasteiger partial charge on any atom is 0.319 e.